The zero-order valence-electron chi connectivity index (χ0n) is 14.1. The molecule has 1 aromatic heterocycles. The van der Waals surface area contributed by atoms with Gasteiger partial charge < -0.3 is 24.8 Å². The highest BCUT2D eigenvalue weighted by Crippen LogP contribution is 2.39. The van der Waals surface area contributed by atoms with E-state index in [9.17, 15) is 4.79 Å². The van der Waals surface area contributed by atoms with Gasteiger partial charge in [-0.05, 0) is 6.92 Å². The molecule has 0 saturated heterocycles. The molecule has 0 atom stereocenters. The van der Waals surface area contributed by atoms with Crippen molar-refractivity contribution >= 4 is 23.1 Å². The van der Waals surface area contributed by atoms with E-state index in [4.69, 9.17) is 14.2 Å². The van der Waals surface area contributed by atoms with Crippen LogP contribution in [-0.2, 0) is 6.42 Å². The number of methoxy groups -OCH3 is 3. The summed E-state index contributed by atoms with van der Waals surface area (Å²) in [5.41, 5.74) is 1.55. The molecule has 0 unspecified atom stereocenters. The van der Waals surface area contributed by atoms with Crippen LogP contribution in [0, 0.1) is 6.92 Å². The number of hydrogen-bond acceptors (Lipinski definition) is 6. The molecule has 2 amide bonds. The van der Waals surface area contributed by atoms with Crippen LogP contribution < -0.4 is 24.8 Å². The predicted octanol–water partition coefficient (Wildman–Crippen LogP) is 2.84. The lowest BCUT2D eigenvalue weighted by molar-refractivity contribution is 0.252. The van der Waals surface area contributed by atoms with Crippen molar-refractivity contribution in [3.05, 3.63) is 28.2 Å². The predicted molar refractivity (Wildman–Crippen MR) is 93.7 cm³/mol. The summed E-state index contributed by atoms with van der Waals surface area (Å²) in [7, 11) is 4.58. The Balaban J connectivity index is 1.95. The third kappa shape index (κ3) is 4.51. The molecule has 2 aromatic rings. The molecule has 0 aliphatic rings. The zero-order chi connectivity index (χ0) is 17.5. The minimum absolute atomic E-state index is 0.308. The molecule has 2 N–H and O–H groups in total. The number of thiazole rings is 1. The molecule has 0 aliphatic heterocycles. The average Bonchev–Trinajstić information content (AvgIpc) is 2.99. The van der Waals surface area contributed by atoms with E-state index in [1.54, 1.807) is 23.5 Å². The molecule has 130 valence electrons. The van der Waals surface area contributed by atoms with Crippen LogP contribution in [0.15, 0.2) is 17.5 Å². The lowest BCUT2D eigenvalue weighted by atomic mass is 10.2. The Hall–Kier alpha value is -2.48. The number of hydrogen-bond donors (Lipinski definition) is 2. The minimum atomic E-state index is -0.308. The van der Waals surface area contributed by atoms with Crippen molar-refractivity contribution in [2.24, 2.45) is 0 Å². The number of carbonyl (C=O) groups excluding carboxylic acids is 1. The second-order valence-corrected chi connectivity index (χ2v) is 5.87. The van der Waals surface area contributed by atoms with Crippen molar-refractivity contribution in [3.63, 3.8) is 0 Å². The Bertz CT molecular complexity index is 677. The molecule has 0 spiro atoms. The van der Waals surface area contributed by atoms with Crippen LogP contribution in [0.1, 0.15) is 10.7 Å². The van der Waals surface area contributed by atoms with E-state index in [2.05, 4.69) is 15.6 Å². The van der Waals surface area contributed by atoms with E-state index < -0.39 is 0 Å². The van der Waals surface area contributed by atoms with E-state index in [-0.39, 0.29) is 6.03 Å². The molecular weight excluding hydrogens is 330 g/mol. The Kier molecular flexibility index (Phi) is 6.25. The van der Waals surface area contributed by atoms with Crippen molar-refractivity contribution in [3.8, 4) is 17.2 Å². The average molecular weight is 351 g/mol. The number of carbonyl (C=O) groups is 1. The third-order valence-electron chi connectivity index (χ3n) is 3.21. The molecule has 2 rings (SSSR count). The number of nitrogens with zero attached hydrogens (tertiary/aromatic N) is 1. The van der Waals surface area contributed by atoms with Gasteiger partial charge in [-0.1, -0.05) is 0 Å². The van der Waals surface area contributed by atoms with Gasteiger partial charge in [0.15, 0.2) is 11.5 Å². The Morgan fingerprint density at radius 2 is 1.83 bits per heavy atom. The lowest BCUT2D eigenvalue weighted by Gasteiger charge is -2.14. The molecule has 7 nitrogen and oxygen atoms in total. The number of anilines is 1. The fourth-order valence-electron chi connectivity index (χ4n) is 2.13. The molecule has 0 aliphatic carbocycles. The summed E-state index contributed by atoms with van der Waals surface area (Å²) in [6, 6.07) is 3.04. The molecule has 1 heterocycles. The number of rotatable bonds is 7. The minimum Gasteiger partial charge on any atom is -0.493 e. The van der Waals surface area contributed by atoms with E-state index in [1.807, 2.05) is 12.3 Å². The first-order valence-electron chi connectivity index (χ1n) is 7.33. The molecular formula is C16H21N3O4S. The molecule has 1 aromatic carbocycles. The van der Waals surface area contributed by atoms with Crippen LogP contribution >= 0.6 is 11.3 Å². The number of urea groups is 1. The Morgan fingerprint density at radius 3 is 2.33 bits per heavy atom. The second kappa shape index (κ2) is 8.39. The van der Waals surface area contributed by atoms with Crippen LogP contribution in [0.25, 0.3) is 0 Å². The molecule has 0 saturated carbocycles. The molecule has 0 fully saturated rings. The third-order valence-corrected chi connectivity index (χ3v) is 4.24. The van der Waals surface area contributed by atoms with Gasteiger partial charge in [-0.2, -0.15) is 0 Å². The quantitative estimate of drug-likeness (QED) is 0.802. The second-order valence-electron chi connectivity index (χ2n) is 4.93. The molecule has 8 heteroatoms. The van der Waals surface area contributed by atoms with Gasteiger partial charge in [-0.25, -0.2) is 9.78 Å². The van der Waals surface area contributed by atoms with Crippen molar-refractivity contribution in [1.82, 2.24) is 10.3 Å². The zero-order valence-corrected chi connectivity index (χ0v) is 15.0. The van der Waals surface area contributed by atoms with Crippen molar-refractivity contribution in [2.45, 2.75) is 13.3 Å². The largest absolute Gasteiger partial charge is 0.493 e. The Morgan fingerprint density at radius 1 is 1.17 bits per heavy atom. The number of benzene rings is 1. The summed E-state index contributed by atoms with van der Waals surface area (Å²) < 4.78 is 15.8. The van der Waals surface area contributed by atoms with Gasteiger partial charge in [-0.15, -0.1) is 11.3 Å². The van der Waals surface area contributed by atoms with Gasteiger partial charge >= 0.3 is 6.03 Å². The summed E-state index contributed by atoms with van der Waals surface area (Å²) in [5.74, 6) is 1.43. The first-order valence-corrected chi connectivity index (χ1v) is 8.21. The topological polar surface area (TPSA) is 81.7 Å². The summed E-state index contributed by atoms with van der Waals surface area (Å²) in [6.07, 6.45) is 0.696. The highest BCUT2D eigenvalue weighted by atomic mass is 32.1. The SMILES string of the molecule is COc1cc(NC(=O)NCCc2nc(C)cs2)cc(OC)c1OC. The van der Waals surface area contributed by atoms with Gasteiger partial charge in [0.05, 0.1) is 32.0 Å². The van der Waals surface area contributed by atoms with Crippen molar-refractivity contribution in [2.75, 3.05) is 33.2 Å². The number of aromatic nitrogens is 1. The maximum atomic E-state index is 12.0. The van der Waals surface area contributed by atoms with Gasteiger partial charge in [0.25, 0.3) is 0 Å². The molecule has 0 bridgehead atoms. The summed E-state index contributed by atoms with van der Waals surface area (Å²) in [5, 5.41) is 8.54. The highest BCUT2D eigenvalue weighted by molar-refractivity contribution is 7.09. The summed E-state index contributed by atoms with van der Waals surface area (Å²) >= 11 is 1.59. The van der Waals surface area contributed by atoms with Gasteiger partial charge in [0.2, 0.25) is 5.75 Å². The lowest BCUT2D eigenvalue weighted by Crippen LogP contribution is -2.30. The monoisotopic (exact) mass is 351 g/mol. The van der Waals surface area contributed by atoms with Crippen LogP contribution in [0.4, 0.5) is 10.5 Å². The number of ether oxygens (including phenoxy) is 3. The first-order chi connectivity index (χ1) is 11.6. The number of amides is 2. The van der Waals surface area contributed by atoms with Crippen LogP contribution in [0.3, 0.4) is 0 Å². The fraction of sp³-hybridized carbons (Fsp3) is 0.375. The van der Waals surface area contributed by atoms with Crippen molar-refractivity contribution in [1.29, 1.82) is 0 Å². The number of nitrogens with one attached hydrogen (secondary N) is 2. The summed E-state index contributed by atoms with van der Waals surface area (Å²) in [6.45, 7) is 2.45. The van der Waals surface area contributed by atoms with Gasteiger partial charge in [0.1, 0.15) is 0 Å². The van der Waals surface area contributed by atoms with Crippen LogP contribution in [0.2, 0.25) is 0 Å². The van der Waals surface area contributed by atoms with E-state index in [1.165, 1.54) is 21.3 Å². The van der Waals surface area contributed by atoms with E-state index in [0.717, 1.165) is 10.7 Å². The first kappa shape index (κ1) is 17.9. The molecule has 24 heavy (non-hydrogen) atoms. The molecule has 0 radical (unpaired) electrons. The smallest absolute Gasteiger partial charge is 0.319 e. The van der Waals surface area contributed by atoms with Crippen LogP contribution in [-0.4, -0.2) is 38.9 Å². The summed E-state index contributed by atoms with van der Waals surface area (Å²) in [4.78, 5) is 16.4. The normalized spacial score (nSPS) is 10.2. The van der Waals surface area contributed by atoms with Crippen LogP contribution in [0.5, 0.6) is 17.2 Å². The van der Waals surface area contributed by atoms with E-state index in [0.29, 0.717) is 35.9 Å². The fourth-order valence-corrected chi connectivity index (χ4v) is 2.90. The van der Waals surface area contributed by atoms with E-state index >= 15 is 0 Å². The van der Waals surface area contributed by atoms with Crippen molar-refractivity contribution < 1.29 is 19.0 Å². The van der Waals surface area contributed by atoms with Gasteiger partial charge in [0, 0.05) is 36.2 Å². The maximum absolute atomic E-state index is 12.0. The van der Waals surface area contributed by atoms with Gasteiger partial charge in [-0.3, -0.25) is 0 Å². The standard InChI is InChI=1S/C16H21N3O4S/c1-10-9-24-14(18-10)5-6-17-16(20)19-11-7-12(21-2)15(23-4)13(8-11)22-3/h7-9H,5-6H2,1-4H3,(H2,17,19,20). The highest BCUT2D eigenvalue weighted by Gasteiger charge is 2.14. The Labute approximate surface area is 145 Å². The maximum Gasteiger partial charge on any atom is 0.319 e. The number of aryl methyl sites for hydroxylation is 1.